The van der Waals surface area contributed by atoms with Gasteiger partial charge in [0.2, 0.25) is 0 Å². The first-order chi connectivity index (χ1) is 18.0. The monoisotopic (exact) mass is 508 g/mol. The Labute approximate surface area is 222 Å². The fourth-order valence-electron chi connectivity index (χ4n) is 4.98. The Morgan fingerprint density at radius 1 is 0.459 bits per heavy atom. The van der Waals surface area contributed by atoms with E-state index in [0.29, 0.717) is 5.56 Å². The molecular formula is C34H43F3. The highest BCUT2D eigenvalue weighted by molar-refractivity contribution is 5.72. The third-order valence-electron chi connectivity index (χ3n) is 7.31. The van der Waals surface area contributed by atoms with Crippen molar-refractivity contribution in [3.63, 3.8) is 0 Å². The molecule has 0 saturated carbocycles. The lowest BCUT2D eigenvalue weighted by Crippen LogP contribution is -1.97. The Kier molecular flexibility index (Phi) is 12.3. The first-order valence-electron chi connectivity index (χ1n) is 14.4. The van der Waals surface area contributed by atoms with Crippen LogP contribution in [0.1, 0.15) is 102 Å². The third kappa shape index (κ3) is 8.76. The highest BCUT2D eigenvalue weighted by Gasteiger charge is 2.18. The summed E-state index contributed by atoms with van der Waals surface area (Å²) >= 11 is 0. The second-order valence-corrected chi connectivity index (χ2v) is 10.3. The number of aryl methyl sites for hydroxylation is 2. The number of rotatable bonds is 16. The normalized spacial score (nSPS) is 11.3. The van der Waals surface area contributed by atoms with Crippen molar-refractivity contribution in [1.29, 1.82) is 0 Å². The second kappa shape index (κ2) is 15.6. The second-order valence-electron chi connectivity index (χ2n) is 10.3. The van der Waals surface area contributed by atoms with Crippen molar-refractivity contribution >= 4 is 0 Å². The van der Waals surface area contributed by atoms with Crippen LogP contribution < -0.4 is 0 Å². The Morgan fingerprint density at radius 3 is 1.51 bits per heavy atom. The highest BCUT2D eigenvalue weighted by atomic mass is 19.2. The van der Waals surface area contributed by atoms with Crippen LogP contribution in [0, 0.1) is 17.5 Å². The maximum atomic E-state index is 15.1. The van der Waals surface area contributed by atoms with Gasteiger partial charge in [-0.1, -0.05) is 127 Å². The predicted octanol–water partition coefficient (Wildman–Crippen LogP) is 11.2. The van der Waals surface area contributed by atoms with Crippen LogP contribution in [-0.4, -0.2) is 0 Å². The lowest BCUT2D eigenvalue weighted by molar-refractivity contribution is 0.512. The summed E-state index contributed by atoms with van der Waals surface area (Å²) in [5, 5.41) is 0. The number of hydrogen-bond donors (Lipinski definition) is 0. The van der Waals surface area contributed by atoms with Gasteiger partial charge >= 0.3 is 0 Å². The first-order valence-corrected chi connectivity index (χ1v) is 14.4. The molecule has 0 nitrogen and oxygen atoms in total. The summed E-state index contributed by atoms with van der Waals surface area (Å²) in [7, 11) is 0. The van der Waals surface area contributed by atoms with Crippen molar-refractivity contribution in [3.8, 4) is 22.3 Å². The van der Waals surface area contributed by atoms with Gasteiger partial charge in [0.05, 0.1) is 0 Å². The van der Waals surface area contributed by atoms with E-state index in [1.165, 1.54) is 75.5 Å². The fourth-order valence-corrected chi connectivity index (χ4v) is 4.98. The van der Waals surface area contributed by atoms with E-state index in [9.17, 15) is 4.39 Å². The minimum atomic E-state index is -1.00. The lowest BCUT2D eigenvalue weighted by atomic mass is 9.96. The van der Waals surface area contributed by atoms with Gasteiger partial charge in [-0.25, -0.2) is 13.2 Å². The quantitative estimate of drug-likeness (QED) is 0.169. The zero-order valence-electron chi connectivity index (χ0n) is 22.7. The summed E-state index contributed by atoms with van der Waals surface area (Å²) < 4.78 is 45.1. The summed E-state index contributed by atoms with van der Waals surface area (Å²) in [6, 6.07) is 15.6. The van der Waals surface area contributed by atoms with Crippen LogP contribution in [0.4, 0.5) is 13.2 Å². The van der Waals surface area contributed by atoms with Crippen LogP contribution >= 0.6 is 0 Å². The minimum Gasteiger partial charge on any atom is -0.206 e. The number of halogens is 3. The molecule has 0 atom stereocenters. The summed E-state index contributed by atoms with van der Waals surface area (Å²) in [5.74, 6) is -2.44. The van der Waals surface area contributed by atoms with Crippen LogP contribution in [0.5, 0.6) is 0 Å². The lowest BCUT2D eigenvalue weighted by Gasteiger charge is -2.12. The van der Waals surface area contributed by atoms with Crippen molar-refractivity contribution in [2.75, 3.05) is 0 Å². The Hall–Kier alpha value is -2.55. The fraction of sp³-hybridized carbons (Fsp3) is 0.471. The SMILES string of the molecule is CCCCCCCCCc1ccc(-c2ccc(-c3ccc(CCCCCCC)cc3)c(F)c2F)c(F)c1. The molecule has 0 N–H and O–H groups in total. The molecule has 3 rings (SSSR count). The molecule has 3 aromatic carbocycles. The molecule has 0 radical (unpaired) electrons. The molecule has 0 amide bonds. The summed E-state index contributed by atoms with van der Waals surface area (Å²) in [6.45, 7) is 4.42. The van der Waals surface area contributed by atoms with E-state index in [2.05, 4.69) is 13.8 Å². The summed E-state index contributed by atoms with van der Waals surface area (Å²) in [4.78, 5) is 0. The molecule has 0 unspecified atom stereocenters. The molecule has 0 heterocycles. The standard InChI is InChI=1S/C34H43F3/c1-3-5-7-9-10-12-14-16-27-19-22-30(32(35)25-27)31-24-23-29(33(36)34(31)37)28-20-17-26(18-21-28)15-13-11-8-6-4-2/h17-25H,3-16H2,1-2H3. The number of unbranched alkanes of at least 4 members (excludes halogenated alkanes) is 10. The maximum Gasteiger partial charge on any atom is 0.167 e. The molecule has 3 heteroatoms. The van der Waals surface area contributed by atoms with Crippen molar-refractivity contribution in [2.24, 2.45) is 0 Å². The van der Waals surface area contributed by atoms with Gasteiger partial charge in [-0.3, -0.25) is 0 Å². The molecule has 200 valence electrons. The van der Waals surface area contributed by atoms with Gasteiger partial charge in [0.15, 0.2) is 11.6 Å². The average Bonchev–Trinajstić information content (AvgIpc) is 2.90. The van der Waals surface area contributed by atoms with Crippen molar-refractivity contribution in [3.05, 3.63) is 83.2 Å². The Bertz CT molecular complexity index is 1080. The Balaban J connectivity index is 1.62. The molecule has 0 aliphatic heterocycles. The van der Waals surface area contributed by atoms with Crippen molar-refractivity contribution < 1.29 is 13.2 Å². The largest absolute Gasteiger partial charge is 0.206 e. The van der Waals surface area contributed by atoms with E-state index < -0.39 is 17.5 Å². The van der Waals surface area contributed by atoms with E-state index in [-0.39, 0.29) is 16.7 Å². The molecule has 0 aromatic heterocycles. The first kappa shape index (κ1) is 29.0. The molecule has 37 heavy (non-hydrogen) atoms. The van der Waals surface area contributed by atoms with E-state index in [1.54, 1.807) is 12.1 Å². The smallest absolute Gasteiger partial charge is 0.167 e. The van der Waals surface area contributed by atoms with Gasteiger partial charge in [-0.15, -0.1) is 0 Å². The number of benzene rings is 3. The molecular weight excluding hydrogens is 465 g/mol. The molecule has 3 aromatic rings. The average molecular weight is 509 g/mol. The van der Waals surface area contributed by atoms with Crippen molar-refractivity contribution in [2.45, 2.75) is 104 Å². The van der Waals surface area contributed by atoms with E-state index in [0.717, 1.165) is 37.7 Å². The topological polar surface area (TPSA) is 0 Å². The molecule has 0 aliphatic rings. The van der Waals surface area contributed by atoms with E-state index in [1.807, 2.05) is 30.3 Å². The molecule has 0 spiro atoms. The van der Waals surface area contributed by atoms with Gasteiger partial charge in [0.25, 0.3) is 0 Å². The van der Waals surface area contributed by atoms with E-state index >= 15 is 8.78 Å². The van der Waals surface area contributed by atoms with Crippen LogP contribution in [0.25, 0.3) is 22.3 Å². The van der Waals surface area contributed by atoms with Gasteiger partial charge in [-0.2, -0.15) is 0 Å². The highest BCUT2D eigenvalue weighted by Crippen LogP contribution is 2.33. The van der Waals surface area contributed by atoms with Crippen LogP contribution in [-0.2, 0) is 12.8 Å². The van der Waals surface area contributed by atoms with Crippen molar-refractivity contribution in [1.82, 2.24) is 0 Å². The zero-order chi connectivity index (χ0) is 26.5. The summed E-state index contributed by atoms with van der Waals surface area (Å²) in [6.07, 6.45) is 16.3. The zero-order valence-corrected chi connectivity index (χ0v) is 22.7. The van der Waals surface area contributed by atoms with Gasteiger partial charge in [0, 0.05) is 16.7 Å². The van der Waals surface area contributed by atoms with Crippen LogP contribution in [0.15, 0.2) is 54.6 Å². The molecule has 0 bridgehead atoms. The Morgan fingerprint density at radius 2 is 0.919 bits per heavy atom. The molecule has 0 saturated heterocycles. The van der Waals surface area contributed by atoms with Crippen LogP contribution in [0.2, 0.25) is 0 Å². The van der Waals surface area contributed by atoms with Gasteiger partial charge in [-0.05, 0) is 48.4 Å². The van der Waals surface area contributed by atoms with Gasteiger partial charge in [0.1, 0.15) is 5.82 Å². The molecule has 0 fully saturated rings. The predicted molar refractivity (Wildman–Crippen MR) is 151 cm³/mol. The third-order valence-corrected chi connectivity index (χ3v) is 7.31. The van der Waals surface area contributed by atoms with Crippen LogP contribution in [0.3, 0.4) is 0 Å². The maximum absolute atomic E-state index is 15.1. The van der Waals surface area contributed by atoms with E-state index in [4.69, 9.17) is 0 Å². The molecule has 0 aliphatic carbocycles. The van der Waals surface area contributed by atoms with Gasteiger partial charge < -0.3 is 0 Å². The minimum absolute atomic E-state index is 0.0371. The summed E-state index contributed by atoms with van der Waals surface area (Å²) in [5.41, 5.74) is 3.00. The number of hydrogen-bond acceptors (Lipinski definition) is 0.